The molecule has 7 heteroatoms. The van der Waals surface area contributed by atoms with Crippen molar-refractivity contribution in [3.05, 3.63) is 88.0 Å². The van der Waals surface area contributed by atoms with Crippen molar-refractivity contribution in [1.29, 1.82) is 0 Å². The molecule has 1 aromatic heterocycles. The Morgan fingerprint density at radius 1 is 1.10 bits per heavy atom. The van der Waals surface area contributed by atoms with Gasteiger partial charge in [-0.05, 0) is 67.5 Å². The summed E-state index contributed by atoms with van der Waals surface area (Å²) in [6.45, 7) is 3.92. The summed E-state index contributed by atoms with van der Waals surface area (Å²) in [6.07, 6.45) is 9.04. The lowest BCUT2D eigenvalue weighted by Gasteiger charge is -2.17. The monoisotopic (exact) mass is 543 g/mol. The molecule has 0 unspecified atom stereocenters. The molecule has 0 aliphatic heterocycles. The topological polar surface area (TPSA) is 71.5 Å². The van der Waals surface area contributed by atoms with Crippen molar-refractivity contribution in [2.75, 3.05) is 26.5 Å². The van der Waals surface area contributed by atoms with Gasteiger partial charge in [0.05, 0.1) is 17.8 Å². The highest BCUT2D eigenvalue weighted by Gasteiger charge is 2.23. The molecule has 0 radical (unpaired) electrons. The van der Waals surface area contributed by atoms with Crippen LogP contribution in [0.15, 0.2) is 66.3 Å². The molecule has 1 aliphatic carbocycles. The number of methoxy groups -OCH3 is 1. The lowest BCUT2D eigenvalue weighted by molar-refractivity contribution is -0.127. The van der Waals surface area contributed by atoms with Gasteiger partial charge in [0.1, 0.15) is 5.57 Å². The molecule has 0 fully saturated rings. The van der Waals surface area contributed by atoms with Crippen molar-refractivity contribution in [2.24, 2.45) is 0 Å². The van der Waals surface area contributed by atoms with Gasteiger partial charge >= 0.3 is 0 Å². The van der Waals surface area contributed by atoms with Crippen molar-refractivity contribution < 1.29 is 14.3 Å². The van der Waals surface area contributed by atoms with Crippen LogP contribution in [-0.2, 0) is 22.4 Å². The number of ether oxygens (including phenoxy) is 1. The second-order valence-electron chi connectivity index (χ2n) is 9.72. The molecule has 4 rings (SSSR count). The van der Waals surface area contributed by atoms with Gasteiger partial charge in [-0.15, -0.1) is 0 Å². The Balaban J connectivity index is 1.71. The van der Waals surface area contributed by atoms with Crippen LogP contribution >= 0.6 is 11.6 Å². The molecule has 1 N–H and O–H groups in total. The number of amides is 2. The number of carbonyl (C=O) groups is 2. The second kappa shape index (κ2) is 12.3. The van der Waals surface area contributed by atoms with Crippen molar-refractivity contribution >= 4 is 29.1 Å². The maximum atomic E-state index is 13.2. The van der Waals surface area contributed by atoms with Gasteiger partial charge in [0, 0.05) is 36.5 Å². The first-order chi connectivity index (χ1) is 18.8. The molecule has 2 amide bonds. The minimum Gasteiger partial charge on any atom is -0.481 e. The number of benzene rings is 2. The van der Waals surface area contributed by atoms with Gasteiger partial charge in [-0.25, -0.2) is 4.98 Å². The number of aromatic nitrogens is 1. The zero-order valence-corrected chi connectivity index (χ0v) is 23.9. The molecule has 0 saturated heterocycles. The third-order valence-corrected chi connectivity index (χ3v) is 7.31. The van der Waals surface area contributed by atoms with Gasteiger partial charge in [0.25, 0.3) is 11.8 Å². The van der Waals surface area contributed by atoms with E-state index in [9.17, 15) is 9.59 Å². The molecule has 0 atom stereocenters. The number of hydrogen-bond donors (Lipinski definition) is 1. The number of allylic oxidation sites excluding steroid dienone is 3. The average Bonchev–Trinajstić information content (AvgIpc) is 3.40. The van der Waals surface area contributed by atoms with Crippen LogP contribution < -0.4 is 10.1 Å². The van der Waals surface area contributed by atoms with Crippen LogP contribution in [0.25, 0.3) is 22.4 Å². The molecule has 1 aliphatic rings. The maximum Gasteiger partial charge on any atom is 0.261 e. The van der Waals surface area contributed by atoms with Crippen LogP contribution in [0.2, 0.25) is 5.02 Å². The van der Waals surface area contributed by atoms with E-state index in [1.165, 1.54) is 16.0 Å². The summed E-state index contributed by atoms with van der Waals surface area (Å²) < 4.78 is 5.60. The predicted octanol–water partition coefficient (Wildman–Crippen LogP) is 6.79. The van der Waals surface area contributed by atoms with Gasteiger partial charge in [-0.3, -0.25) is 9.59 Å². The molecule has 6 nitrogen and oxygen atoms in total. The number of halogens is 1. The molecule has 0 bridgehead atoms. The number of nitrogens with zero attached hydrogens (tertiary/aromatic N) is 2. The van der Waals surface area contributed by atoms with E-state index in [0.29, 0.717) is 16.6 Å². The Morgan fingerprint density at radius 3 is 2.54 bits per heavy atom. The Hall–Kier alpha value is -3.90. The summed E-state index contributed by atoms with van der Waals surface area (Å²) in [5.41, 5.74) is 7.24. The molecular formula is C32H34ClN3O3. The fourth-order valence-corrected chi connectivity index (χ4v) is 5.15. The van der Waals surface area contributed by atoms with E-state index in [-0.39, 0.29) is 11.5 Å². The minimum absolute atomic E-state index is 0.0613. The first-order valence-electron chi connectivity index (χ1n) is 13.1. The number of likely N-dealkylation sites (N-methyl/N-ethyl adjacent to an activating group) is 1. The SMILES string of the molecule is CC/C=C/C=C(/C(=O)Nc1cccc(-c2cccc(-c3cc4c(c(OC)n3)CCC4)c2Cl)c1C)C(=O)N(C)C. The first-order valence-corrected chi connectivity index (χ1v) is 13.5. The van der Waals surface area contributed by atoms with Crippen molar-refractivity contribution in [3.8, 4) is 28.3 Å². The highest BCUT2D eigenvalue weighted by atomic mass is 35.5. The molecule has 0 saturated carbocycles. The zero-order chi connectivity index (χ0) is 28.1. The number of carbonyl (C=O) groups excluding carboxylic acids is 2. The molecule has 1 heterocycles. The van der Waals surface area contributed by atoms with E-state index in [1.807, 2.05) is 56.3 Å². The fourth-order valence-electron chi connectivity index (χ4n) is 4.83. The first kappa shape index (κ1) is 28.1. The van der Waals surface area contributed by atoms with E-state index in [2.05, 4.69) is 11.4 Å². The number of pyridine rings is 1. The highest BCUT2D eigenvalue weighted by Crippen LogP contribution is 2.40. The average molecular weight is 544 g/mol. The number of rotatable bonds is 8. The van der Waals surface area contributed by atoms with Crippen molar-refractivity contribution in [3.63, 3.8) is 0 Å². The Bertz CT molecular complexity index is 1470. The molecule has 0 spiro atoms. The Kier molecular flexibility index (Phi) is 8.87. The fraction of sp³-hybridized carbons (Fsp3) is 0.281. The summed E-state index contributed by atoms with van der Waals surface area (Å²) in [5, 5.41) is 3.51. The van der Waals surface area contributed by atoms with Crippen LogP contribution in [0.5, 0.6) is 5.88 Å². The normalized spacial score (nSPS) is 12.9. The molecule has 3 aromatic rings. The maximum absolute atomic E-state index is 13.2. The Morgan fingerprint density at radius 2 is 1.82 bits per heavy atom. The third kappa shape index (κ3) is 5.91. The van der Waals surface area contributed by atoms with Crippen LogP contribution in [0.4, 0.5) is 5.69 Å². The zero-order valence-electron chi connectivity index (χ0n) is 23.1. The van der Waals surface area contributed by atoms with E-state index < -0.39 is 5.91 Å². The smallest absolute Gasteiger partial charge is 0.261 e. The molecule has 2 aromatic carbocycles. The van der Waals surface area contributed by atoms with Crippen molar-refractivity contribution in [2.45, 2.75) is 39.5 Å². The van der Waals surface area contributed by atoms with E-state index >= 15 is 0 Å². The van der Waals surface area contributed by atoms with Crippen molar-refractivity contribution in [1.82, 2.24) is 9.88 Å². The standard InChI is InChI=1S/C32H34ClN3O3/c1-6-7-8-13-26(32(38)36(3)4)30(37)34-27-18-11-14-22(20(27)2)24-16-10-17-25(29(24)33)28-19-21-12-9-15-23(21)31(35-28)39-5/h7-8,10-11,13-14,16-19H,6,9,12,15H2,1-5H3,(H,34,37)/b8-7+,26-13-. The second-order valence-corrected chi connectivity index (χ2v) is 10.1. The summed E-state index contributed by atoms with van der Waals surface area (Å²) in [4.78, 5) is 32.1. The largest absolute Gasteiger partial charge is 0.481 e. The van der Waals surface area contributed by atoms with E-state index in [1.54, 1.807) is 33.4 Å². The number of anilines is 1. The van der Waals surface area contributed by atoms with Gasteiger partial charge < -0.3 is 15.0 Å². The summed E-state index contributed by atoms with van der Waals surface area (Å²) in [7, 11) is 4.90. The van der Waals surface area contributed by atoms with Gasteiger partial charge in [0.15, 0.2) is 0 Å². The van der Waals surface area contributed by atoms with Crippen LogP contribution in [-0.4, -0.2) is 42.9 Å². The summed E-state index contributed by atoms with van der Waals surface area (Å²) in [5.74, 6) is -0.175. The minimum atomic E-state index is -0.469. The molecule has 202 valence electrons. The van der Waals surface area contributed by atoms with E-state index in [0.717, 1.165) is 53.6 Å². The molecular weight excluding hydrogens is 510 g/mol. The van der Waals surface area contributed by atoms with Gasteiger partial charge in [0.2, 0.25) is 5.88 Å². The van der Waals surface area contributed by atoms with Crippen LogP contribution in [0, 0.1) is 6.92 Å². The highest BCUT2D eigenvalue weighted by molar-refractivity contribution is 6.36. The number of nitrogens with one attached hydrogen (secondary N) is 1. The molecule has 39 heavy (non-hydrogen) atoms. The summed E-state index contributed by atoms with van der Waals surface area (Å²) >= 11 is 7.02. The number of fused-ring (bicyclic) bond motifs is 1. The number of hydrogen-bond acceptors (Lipinski definition) is 4. The van der Waals surface area contributed by atoms with Gasteiger partial charge in [-0.1, -0.05) is 61.0 Å². The van der Waals surface area contributed by atoms with Crippen LogP contribution in [0.3, 0.4) is 0 Å². The predicted molar refractivity (Wildman–Crippen MR) is 158 cm³/mol. The quantitative estimate of drug-likeness (QED) is 0.147. The third-order valence-electron chi connectivity index (χ3n) is 6.91. The lowest BCUT2D eigenvalue weighted by atomic mass is 9.96. The van der Waals surface area contributed by atoms with Gasteiger partial charge in [-0.2, -0.15) is 0 Å². The Labute approximate surface area is 235 Å². The lowest BCUT2D eigenvalue weighted by Crippen LogP contribution is -2.30. The van der Waals surface area contributed by atoms with E-state index in [4.69, 9.17) is 21.3 Å². The van der Waals surface area contributed by atoms with Crippen LogP contribution in [0.1, 0.15) is 36.5 Å². The number of aryl methyl sites for hydroxylation is 1. The summed E-state index contributed by atoms with van der Waals surface area (Å²) in [6, 6.07) is 13.6.